The van der Waals surface area contributed by atoms with Gasteiger partial charge in [-0.05, 0) is 60.7 Å². The molecule has 0 aromatic heterocycles. The van der Waals surface area contributed by atoms with E-state index in [4.69, 9.17) is 0 Å². The topological polar surface area (TPSA) is 113 Å². The van der Waals surface area contributed by atoms with Gasteiger partial charge in [-0.25, -0.2) is 8.42 Å². The third kappa shape index (κ3) is 4.80. The van der Waals surface area contributed by atoms with Crippen LogP contribution in [0.4, 0.5) is 11.4 Å². The Balaban J connectivity index is 1.89. The molecule has 0 unspecified atom stereocenters. The fourth-order valence-corrected chi connectivity index (χ4v) is 3.74. The van der Waals surface area contributed by atoms with Gasteiger partial charge in [-0.15, -0.1) is 0 Å². The molecule has 1 amide bonds. The van der Waals surface area contributed by atoms with Crippen molar-refractivity contribution in [3.63, 3.8) is 0 Å². The van der Waals surface area contributed by atoms with Gasteiger partial charge in [-0.1, -0.05) is 12.1 Å². The molecule has 148 valence electrons. The number of ketones is 1. The van der Waals surface area contributed by atoms with Crippen LogP contribution in [0.5, 0.6) is 5.75 Å². The summed E-state index contributed by atoms with van der Waals surface area (Å²) in [5.74, 6) is -0.622. The molecule has 0 saturated heterocycles. The minimum Gasteiger partial charge on any atom is -0.508 e. The van der Waals surface area contributed by atoms with Crippen LogP contribution in [0.1, 0.15) is 22.8 Å². The maximum atomic E-state index is 12.8. The molecule has 8 heteroatoms. The molecule has 0 spiro atoms. The standard InChI is InChI=1S/C21H18N2O5S/c1-14(24)22-16-8-12-18(13-9-16)29(27,28)23-20-5-3-2-4-19(20)21(26)15-6-10-17(25)11-7-15/h2-13,23,25H,1H3,(H,22,24). The summed E-state index contributed by atoms with van der Waals surface area (Å²) in [5.41, 5.74) is 1.10. The monoisotopic (exact) mass is 410 g/mol. The normalized spacial score (nSPS) is 10.9. The molecule has 0 aliphatic heterocycles. The number of hydrogen-bond donors (Lipinski definition) is 3. The highest BCUT2D eigenvalue weighted by molar-refractivity contribution is 7.92. The summed E-state index contributed by atoms with van der Waals surface area (Å²) >= 11 is 0. The fraction of sp³-hybridized carbons (Fsp3) is 0.0476. The Morgan fingerprint density at radius 3 is 2.10 bits per heavy atom. The van der Waals surface area contributed by atoms with E-state index in [2.05, 4.69) is 10.0 Å². The first-order chi connectivity index (χ1) is 13.8. The summed E-state index contributed by atoms with van der Waals surface area (Å²) in [6, 6.07) is 17.6. The van der Waals surface area contributed by atoms with Gasteiger partial charge in [0.25, 0.3) is 10.0 Å². The van der Waals surface area contributed by atoms with E-state index in [1.165, 1.54) is 67.6 Å². The Morgan fingerprint density at radius 2 is 1.48 bits per heavy atom. The summed E-state index contributed by atoms with van der Waals surface area (Å²) in [6.45, 7) is 1.36. The van der Waals surface area contributed by atoms with E-state index < -0.39 is 10.0 Å². The number of para-hydroxylation sites is 1. The Bertz CT molecular complexity index is 1150. The Hall–Kier alpha value is -3.65. The second kappa shape index (κ2) is 8.15. The largest absolute Gasteiger partial charge is 0.508 e. The van der Waals surface area contributed by atoms with Gasteiger partial charge in [0.15, 0.2) is 5.78 Å². The Labute approximate surface area is 168 Å². The zero-order valence-corrected chi connectivity index (χ0v) is 16.2. The Morgan fingerprint density at radius 1 is 0.862 bits per heavy atom. The zero-order valence-electron chi connectivity index (χ0n) is 15.4. The molecule has 0 saturated carbocycles. The van der Waals surface area contributed by atoms with Gasteiger partial charge in [0, 0.05) is 23.7 Å². The molecular formula is C21H18N2O5S. The van der Waals surface area contributed by atoms with Crippen LogP contribution >= 0.6 is 0 Å². The van der Waals surface area contributed by atoms with Crippen molar-refractivity contribution in [2.45, 2.75) is 11.8 Å². The van der Waals surface area contributed by atoms with Gasteiger partial charge in [0.2, 0.25) is 5.91 Å². The molecule has 0 bridgehead atoms. The van der Waals surface area contributed by atoms with E-state index in [1.54, 1.807) is 12.1 Å². The van der Waals surface area contributed by atoms with Crippen LogP contribution in [0.2, 0.25) is 0 Å². The van der Waals surface area contributed by atoms with E-state index in [9.17, 15) is 23.1 Å². The van der Waals surface area contributed by atoms with Crippen molar-refractivity contribution in [3.8, 4) is 5.75 Å². The Kier molecular flexibility index (Phi) is 5.65. The van der Waals surface area contributed by atoms with E-state index in [0.717, 1.165) is 0 Å². The number of phenolic OH excluding ortho intramolecular Hbond substituents is 1. The minimum atomic E-state index is -3.96. The fourth-order valence-electron chi connectivity index (χ4n) is 2.66. The summed E-state index contributed by atoms with van der Waals surface area (Å²) in [5, 5.41) is 11.9. The first-order valence-electron chi connectivity index (χ1n) is 8.59. The molecule has 0 atom stereocenters. The van der Waals surface area contributed by atoms with Crippen LogP contribution in [0, 0.1) is 0 Å². The first kappa shape index (κ1) is 20.1. The maximum absolute atomic E-state index is 12.8. The first-order valence-corrected chi connectivity index (χ1v) is 10.1. The number of aromatic hydroxyl groups is 1. The highest BCUT2D eigenvalue weighted by Gasteiger charge is 2.19. The molecule has 7 nitrogen and oxygen atoms in total. The predicted molar refractivity (Wildman–Crippen MR) is 110 cm³/mol. The van der Waals surface area contributed by atoms with Gasteiger partial charge in [0.1, 0.15) is 5.75 Å². The van der Waals surface area contributed by atoms with E-state index in [1.807, 2.05) is 0 Å². The van der Waals surface area contributed by atoms with Gasteiger partial charge in [-0.3, -0.25) is 14.3 Å². The number of sulfonamides is 1. The van der Waals surface area contributed by atoms with Crippen molar-refractivity contribution in [1.82, 2.24) is 0 Å². The lowest BCUT2D eigenvalue weighted by atomic mass is 10.0. The lowest BCUT2D eigenvalue weighted by molar-refractivity contribution is -0.114. The van der Waals surface area contributed by atoms with Crippen LogP contribution in [0.3, 0.4) is 0 Å². The van der Waals surface area contributed by atoms with E-state index in [0.29, 0.717) is 11.3 Å². The highest BCUT2D eigenvalue weighted by atomic mass is 32.2. The van der Waals surface area contributed by atoms with Crippen molar-refractivity contribution < 1.29 is 23.1 Å². The zero-order chi connectivity index (χ0) is 21.0. The van der Waals surface area contributed by atoms with Gasteiger partial charge in [0.05, 0.1) is 10.6 Å². The van der Waals surface area contributed by atoms with Crippen molar-refractivity contribution >= 4 is 33.1 Å². The molecule has 0 aliphatic rings. The summed E-state index contributed by atoms with van der Waals surface area (Å²) in [4.78, 5) is 23.9. The molecule has 3 aromatic carbocycles. The van der Waals surface area contributed by atoms with E-state index in [-0.39, 0.29) is 33.6 Å². The number of amides is 1. The van der Waals surface area contributed by atoms with Crippen molar-refractivity contribution in [2.75, 3.05) is 10.0 Å². The highest BCUT2D eigenvalue weighted by Crippen LogP contribution is 2.24. The number of nitrogens with one attached hydrogen (secondary N) is 2. The van der Waals surface area contributed by atoms with Gasteiger partial charge in [-0.2, -0.15) is 0 Å². The predicted octanol–water partition coefficient (Wildman–Crippen LogP) is 3.38. The number of phenols is 1. The molecule has 3 rings (SSSR count). The lowest BCUT2D eigenvalue weighted by Crippen LogP contribution is -2.16. The lowest BCUT2D eigenvalue weighted by Gasteiger charge is -2.12. The van der Waals surface area contributed by atoms with Crippen molar-refractivity contribution in [2.24, 2.45) is 0 Å². The smallest absolute Gasteiger partial charge is 0.261 e. The average Bonchev–Trinajstić information content (AvgIpc) is 2.68. The molecule has 0 heterocycles. The number of rotatable bonds is 6. The minimum absolute atomic E-state index is 0.0153. The van der Waals surface area contributed by atoms with E-state index >= 15 is 0 Å². The molecule has 29 heavy (non-hydrogen) atoms. The second-order valence-electron chi connectivity index (χ2n) is 6.23. The average molecular weight is 410 g/mol. The SMILES string of the molecule is CC(=O)Nc1ccc(S(=O)(=O)Nc2ccccc2C(=O)c2ccc(O)cc2)cc1. The summed E-state index contributed by atoms with van der Waals surface area (Å²) in [6.07, 6.45) is 0. The molecule has 0 aliphatic carbocycles. The second-order valence-corrected chi connectivity index (χ2v) is 7.92. The van der Waals surface area contributed by atoms with Gasteiger partial charge >= 0.3 is 0 Å². The van der Waals surface area contributed by atoms with Crippen molar-refractivity contribution in [1.29, 1.82) is 0 Å². The molecule has 3 aromatic rings. The molecule has 0 fully saturated rings. The number of hydrogen-bond acceptors (Lipinski definition) is 5. The summed E-state index contributed by atoms with van der Waals surface area (Å²) in [7, 11) is -3.96. The number of benzene rings is 3. The number of anilines is 2. The van der Waals surface area contributed by atoms with Crippen LogP contribution < -0.4 is 10.0 Å². The van der Waals surface area contributed by atoms with Crippen LogP contribution in [0.15, 0.2) is 77.7 Å². The van der Waals surface area contributed by atoms with Crippen LogP contribution in [-0.2, 0) is 14.8 Å². The summed E-state index contributed by atoms with van der Waals surface area (Å²) < 4.78 is 27.9. The van der Waals surface area contributed by atoms with Gasteiger partial charge < -0.3 is 10.4 Å². The quantitative estimate of drug-likeness (QED) is 0.539. The molecular weight excluding hydrogens is 392 g/mol. The molecule has 0 radical (unpaired) electrons. The van der Waals surface area contributed by atoms with Crippen molar-refractivity contribution in [3.05, 3.63) is 83.9 Å². The maximum Gasteiger partial charge on any atom is 0.261 e. The molecule has 3 N–H and O–H groups in total. The number of carbonyl (C=O) groups excluding carboxylic acids is 2. The van der Waals surface area contributed by atoms with Crippen LogP contribution in [-0.4, -0.2) is 25.2 Å². The number of carbonyl (C=O) groups is 2. The third-order valence-electron chi connectivity index (χ3n) is 4.03. The third-order valence-corrected chi connectivity index (χ3v) is 5.41. The van der Waals surface area contributed by atoms with Crippen LogP contribution in [0.25, 0.3) is 0 Å².